The molecule has 2 saturated heterocycles. The molecule has 5 atom stereocenters. The first-order valence-electron chi connectivity index (χ1n) is 23.3. The summed E-state index contributed by atoms with van der Waals surface area (Å²) >= 11 is 0. The van der Waals surface area contributed by atoms with E-state index in [2.05, 4.69) is 30.2 Å². The minimum Gasteiger partial charge on any atom is -0.490 e. The first kappa shape index (κ1) is 43.4. The van der Waals surface area contributed by atoms with Crippen LogP contribution in [0.5, 0.6) is 5.75 Å². The summed E-state index contributed by atoms with van der Waals surface area (Å²) in [5.41, 5.74) is -3.17. The number of anilines is 3. The van der Waals surface area contributed by atoms with Crippen molar-refractivity contribution in [3.63, 3.8) is 0 Å². The van der Waals surface area contributed by atoms with E-state index < -0.39 is 63.9 Å². The van der Waals surface area contributed by atoms with Gasteiger partial charge in [0.2, 0.25) is 11.9 Å². The second-order valence-corrected chi connectivity index (χ2v) is 19.4. The maximum Gasteiger partial charge on any atom is 0.434 e. The lowest BCUT2D eigenvalue weighted by molar-refractivity contribution is -0.183. The Bertz CT molecular complexity index is 2570. The number of alkyl halides is 4. The first-order chi connectivity index (χ1) is 32.4. The van der Waals surface area contributed by atoms with Crippen LogP contribution in [0.25, 0.3) is 0 Å². The highest BCUT2D eigenvalue weighted by Crippen LogP contribution is 2.62. The van der Waals surface area contributed by atoms with Gasteiger partial charge in [0.15, 0.2) is 11.8 Å². The predicted molar refractivity (Wildman–Crippen MR) is 239 cm³/mol. The van der Waals surface area contributed by atoms with Gasteiger partial charge in [0.25, 0.3) is 5.91 Å². The number of piperidine rings is 1. The molecule has 12 nitrogen and oxygen atoms in total. The summed E-state index contributed by atoms with van der Waals surface area (Å²) in [5, 5.41) is 2.82. The molecule has 4 aliphatic carbocycles. The molecule has 3 unspecified atom stereocenters. The molecule has 1 amide bonds. The van der Waals surface area contributed by atoms with Crippen molar-refractivity contribution < 1.29 is 41.4 Å². The Hall–Kier alpha value is -6.16. The van der Waals surface area contributed by atoms with Crippen molar-refractivity contribution in [3.05, 3.63) is 131 Å². The number of hydrogen-bond acceptors (Lipinski definition) is 11. The number of halogens is 4. The molecule has 5 aromatic rings. The van der Waals surface area contributed by atoms with E-state index in [0.29, 0.717) is 80.4 Å². The van der Waals surface area contributed by atoms with Gasteiger partial charge in [-0.25, -0.2) is 29.1 Å². The highest BCUT2D eigenvalue weighted by atomic mass is 19.4. The Morgan fingerprint density at radius 2 is 1.48 bits per heavy atom. The van der Waals surface area contributed by atoms with Crippen LogP contribution in [0, 0.1) is 17.8 Å². The van der Waals surface area contributed by atoms with Crippen LogP contribution in [0.1, 0.15) is 96.6 Å². The number of carbonyl (C=O) groups is 2. The predicted octanol–water partition coefficient (Wildman–Crippen LogP) is 8.88. The molecule has 348 valence electrons. The van der Waals surface area contributed by atoms with E-state index in [0.717, 1.165) is 37.7 Å². The number of fused-ring (bicyclic) bond motifs is 2. The van der Waals surface area contributed by atoms with Crippen molar-refractivity contribution in [2.75, 3.05) is 42.6 Å². The third-order valence-corrected chi connectivity index (χ3v) is 15.3. The lowest BCUT2D eigenvalue weighted by atomic mass is 9.47. The van der Waals surface area contributed by atoms with Crippen LogP contribution in [0.4, 0.5) is 35.1 Å². The molecule has 4 bridgehead atoms. The topological polar surface area (TPSA) is 132 Å². The van der Waals surface area contributed by atoms with E-state index >= 15 is 22.4 Å². The Morgan fingerprint density at radius 3 is 2.10 bits per heavy atom. The number of ether oxygens (including phenoxy) is 3. The zero-order valence-electron chi connectivity index (χ0n) is 36.8. The van der Waals surface area contributed by atoms with Crippen LogP contribution in [-0.4, -0.2) is 82.0 Å². The molecular formula is C51H51F4N7O5. The van der Waals surface area contributed by atoms with Crippen LogP contribution in [0.2, 0.25) is 0 Å². The smallest absolute Gasteiger partial charge is 0.434 e. The Kier molecular flexibility index (Phi) is 10.9. The third kappa shape index (κ3) is 7.93. The standard InChI is InChI=1S/C51H51F4N7O5/c52-49-27-32-24-35(28-49)50(36(25-32)29-49,45(64)67-42(33-8-3-1-4-9-33)34-10-5-2-6-11-34)60-44(63)39-30-58-47(59-43(39)51(53,54)55)62-31-48(16-22-65-23-17-48)40-26-38(12-13-41(40)62)66-37-14-20-61(21-15-37)46-56-18-7-19-57-46/h1-13,18-19,26,30,32,35-37,42H,14-17,20-25,27-29,31H2,(H,60,63)/t32?,35-,36+,49?,50?. The van der Waals surface area contributed by atoms with E-state index in [1.54, 1.807) is 23.4 Å². The molecular weight excluding hydrogens is 867 g/mol. The molecule has 5 heterocycles. The van der Waals surface area contributed by atoms with Gasteiger partial charge >= 0.3 is 12.1 Å². The van der Waals surface area contributed by atoms with Crippen LogP contribution < -0.4 is 19.9 Å². The molecule has 1 spiro atoms. The Morgan fingerprint density at radius 1 is 0.821 bits per heavy atom. The number of hydrogen-bond donors (Lipinski definition) is 1. The van der Waals surface area contributed by atoms with Crippen LogP contribution >= 0.6 is 0 Å². The molecule has 3 aromatic carbocycles. The summed E-state index contributed by atoms with van der Waals surface area (Å²) in [5.74, 6) is -2.26. The van der Waals surface area contributed by atoms with Gasteiger partial charge < -0.3 is 29.3 Å². The molecule has 4 saturated carbocycles. The van der Waals surface area contributed by atoms with Gasteiger partial charge in [-0.2, -0.15) is 13.2 Å². The fourth-order valence-corrected chi connectivity index (χ4v) is 12.3. The van der Waals surface area contributed by atoms with Gasteiger partial charge in [0.1, 0.15) is 23.1 Å². The van der Waals surface area contributed by atoms with Crippen LogP contribution in [-0.2, 0) is 25.9 Å². The molecule has 67 heavy (non-hydrogen) atoms. The van der Waals surface area contributed by atoms with Crippen molar-refractivity contribution in [3.8, 4) is 5.75 Å². The van der Waals surface area contributed by atoms with Gasteiger partial charge in [0.05, 0.1) is 5.56 Å². The number of nitrogens with zero attached hydrogens (tertiary/aromatic N) is 6. The number of carbonyl (C=O) groups excluding carboxylic acids is 2. The van der Waals surface area contributed by atoms with Crippen molar-refractivity contribution >= 4 is 29.5 Å². The zero-order valence-corrected chi connectivity index (χ0v) is 36.8. The van der Waals surface area contributed by atoms with E-state index in [-0.39, 0.29) is 30.8 Å². The number of rotatable bonds is 10. The number of amides is 1. The number of benzene rings is 3. The summed E-state index contributed by atoms with van der Waals surface area (Å²) in [6.45, 7) is 2.70. The second kappa shape index (κ2) is 16.9. The third-order valence-electron chi connectivity index (χ3n) is 15.3. The highest BCUT2D eigenvalue weighted by molar-refractivity contribution is 5.99. The maximum atomic E-state index is 16.3. The quantitative estimate of drug-likeness (QED) is 0.107. The number of esters is 1. The summed E-state index contributed by atoms with van der Waals surface area (Å²) in [6.07, 6.45) is 2.26. The molecule has 1 N–H and O–H groups in total. The second-order valence-electron chi connectivity index (χ2n) is 19.4. The van der Waals surface area contributed by atoms with Crippen LogP contribution in [0.15, 0.2) is 104 Å². The lowest BCUT2D eigenvalue weighted by Crippen LogP contribution is -2.72. The maximum absolute atomic E-state index is 16.3. The minimum atomic E-state index is -5.09. The fraction of sp³-hybridized carbons (Fsp3) is 0.451. The molecule has 16 heteroatoms. The average Bonchev–Trinajstić information content (AvgIpc) is 3.64. The molecule has 12 rings (SSSR count). The molecule has 0 radical (unpaired) electrons. The van der Waals surface area contributed by atoms with Gasteiger partial charge in [-0.3, -0.25) is 4.79 Å². The normalized spacial score (nSPS) is 26.4. The van der Waals surface area contributed by atoms with Gasteiger partial charge in [-0.05, 0) is 104 Å². The highest BCUT2D eigenvalue weighted by Gasteiger charge is 2.67. The number of aromatic nitrogens is 4. The summed E-state index contributed by atoms with van der Waals surface area (Å²) in [4.78, 5) is 50.8. The van der Waals surface area contributed by atoms with E-state index in [1.165, 1.54) is 0 Å². The summed E-state index contributed by atoms with van der Waals surface area (Å²) in [6, 6.07) is 25.7. The average molecular weight is 918 g/mol. The fourth-order valence-electron chi connectivity index (χ4n) is 12.3. The van der Waals surface area contributed by atoms with Crippen LogP contribution in [0.3, 0.4) is 0 Å². The largest absolute Gasteiger partial charge is 0.490 e. The zero-order chi connectivity index (χ0) is 46.0. The Labute approximate surface area is 385 Å². The van der Waals surface area contributed by atoms with Gasteiger partial charge in [-0.1, -0.05) is 60.7 Å². The van der Waals surface area contributed by atoms with Crippen molar-refractivity contribution in [2.24, 2.45) is 17.8 Å². The monoisotopic (exact) mass is 917 g/mol. The minimum absolute atomic E-state index is 0.0187. The molecule has 2 aromatic heterocycles. The summed E-state index contributed by atoms with van der Waals surface area (Å²) < 4.78 is 81.1. The molecule has 6 fully saturated rings. The van der Waals surface area contributed by atoms with Gasteiger partial charge in [0, 0.05) is 75.4 Å². The molecule has 7 aliphatic rings. The number of nitrogens with one attached hydrogen (secondary N) is 1. The van der Waals surface area contributed by atoms with E-state index in [4.69, 9.17) is 14.2 Å². The van der Waals surface area contributed by atoms with Crippen molar-refractivity contribution in [1.82, 2.24) is 25.3 Å². The first-order valence-corrected chi connectivity index (χ1v) is 23.3. The van der Waals surface area contributed by atoms with Crippen molar-refractivity contribution in [1.29, 1.82) is 0 Å². The van der Waals surface area contributed by atoms with Crippen molar-refractivity contribution in [2.45, 2.75) is 92.8 Å². The Balaban J connectivity index is 0.896. The molecule has 3 aliphatic heterocycles. The SMILES string of the molecule is O=C(NC1(C(=O)OC(c2ccccc2)c2ccccc2)[C@@H]2CC3C[C@H]1CC(F)(C3)C2)c1cnc(N2CC3(CCOCC3)c3cc(OC4CCN(c5ncccn5)CC4)ccc32)nc1C(F)(F)F. The van der Waals surface area contributed by atoms with E-state index in [9.17, 15) is 4.79 Å². The van der Waals surface area contributed by atoms with Gasteiger partial charge in [-0.15, -0.1) is 0 Å². The lowest BCUT2D eigenvalue weighted by Gasteiger charge is -2.61. The van der Waals surface area contributed by atoms with E-state index in [1.807, 2.05) is 78.9 Å². The summed E-state index contributed by atoms with van der Waals surface area (Å²) in [7, 11) is 0.